The second kappa shape index (κ2) is 3.50. The number of aryl methyl sites for hydroxylation is 1. The molecule has 0 saturated carbocycles. The molecule has 1 N–H and O–H groups in total. The van der Waals surface area contributed by atoms with Gasteiger partial charge in [-0.1, -0.05) is 0 Å². The van der Waals surface area contributed by atoms with Crippen LogP contribution in [0.15, 0.2) is 6.07 Å². The Hall–Kier alpha value is -1.53. The fourth-order valence-electron chi connectivity index (χ4n) is 1.27. The molecule has 0 bridgehead atoms. The summed E-state index contributed by atoms with van der Waals surface area (Å²) in [7, 11) is 0. The van der Waals surface area contributed by atoms with Crippen molar-refractivity contribution in [3.05, 3.63) is 17.5 Å². The minimum absolute atomic E-state index is 0.153. The highest BCUT2D eigenvalue weighted by molar-refractivity contribution is 5.75. The monoisotopic (exact) mass is 236 g/mol. The number of rotatable bonds is 2. The SMILES string of the molecule is Cc1cc(C(F)(F)F)nn1C(C)(C)C(=O)O. The molecular formula is C9H11F3N2O2. The summed E-state index contributed by atoms with van der Waals surface area (Å²) in [5, 5.41) is 12.2. The second-order valence-electron chi connectivity index (χ2n) is 3.94. The van der Waals surface area contributed by atoms with Gasteiger partial charge in [-0.3, -0.25) is 4.68 Å². The third-order valence-corrected chi connectivity index (χ3v) is 2.23. The third kappa shape index (κ3) is 2.02. The van der Waals surface area contributed by atoms with E-state index < -0.39 is 23.4 Å². The van der Waals surface area contributed by atoms with Crippen LogP contribution in [0.3, 0.4) is 0 Å². The van der Waals surface area contributed by atoms with Gasteiger partial charge in [0, 0.05) is 5.69 Å². The van der Waals surface area contributed by atoms with E-state index in [0.29, 0.717) is 0 Å². The van der Waals surface area contributed by atoms with Crippen molar-refractivity contribution in [3.8, 4) is 0 Å². The summed E-state index contributed by atoms with van der Waals surface area (Å²) >= 11 is 0. The maximum Gasteiger partial charge on any atom is 0.435 e. The van der Waals surface area contributed by atoms with Crippen molar-refractivity contribution in [3.63, 3.8) is 0 Å². The molecule has 0 aliphatic carbocycles. The molecule has 0 spiro atoms. The Morgan fingerprint density at radius 3 is 2.25 bits per heavy atom. The molecule has 16 heavy (non-hydrogen) atoms. The number of aromatic nitrogens is 2. The summed E-state index contributed by atoms with van der Waals surface area (Å²) in [6.07, 6.45) is -4.56. The van der Waals surface area contributed by atoms with E-state index in [9.17, 15) is 18.0 Å². The lowest BCUT2D eigenvalue weighted by molar-refractivity contribution is -0.148. The summed E-state index contributed by atoms with van der Waals surface area (Å²) in [6, 6.07) is 0.824. The van der Waals surface area contributed by atoms with Crippen LogP contribution in [0.1, 0.15) is 25.2 Å². The lowest BCUT2D eigenvalue weighted by atomic mass is 10.1. The average molecular weight is 236 g/mol. The van der Waals surface area contributed by atoms with Gasteiger partial charge in [0.1, 0.15) is 0 Å². The highest BCUT2D eigenvalue weighted by Crippen LogP contribution is 2.30. The predicted octanol–water partition coefficient (Wildman–Crippen LogP) is 2.03. The van der Waals surface area contributed by atoms with Crippen LogP contribution in [0.2, 0.25) is 0 Å². The van der Waals surface area contributed by atoms with Gasteiger partial charge in [-0.15, -0.1) is 0 Å². The van der Waals surface area contributed by atoms with Gasteiger partial charge in [-0.05, 0) is 26.8 Å². The van der Waals surface area contributed by atoms with E-state index >= 15 is 0 Å². The number of halogens is 3. The minimum atomic E-state index is -4.56. The smallest absolute Gasteiger partial charge is 0.435 e. The fraction of sp³-hybridized carbons (Fsp3) is 0.556. The van der Waals surface area contributed by atoms with Crippen molar-refractivity contribution >= 4 is 5.97 Å². The molecule has 0 radical (unpaired) electrons. The minimum Gasteiger partial charge on any atom is -0.479 e. The Labute approximate surface area is 89.7 Å². The van der Waals surface area contributed by atoms with Crippen molar-refractivity contribution in [1.82, 2.24) is 9.78 Å². The number of hydrogen-bond acceptors (Lipinski definition) is 2. The molecule has 1 rings (SSSR count). The number of carbonyl (C=O) groups is 1. The quantitative estimate of drug-likeness (QED) is 0.854. The Morgan fingerprint density at radius 2 is 1.94 bits per heavy atom. The number of alkyl halides is 3. The topological polar surface area (TPSA) is 55.1 Å². The number of carboxylic acid groups (broad SMARTS) is 1. The molecule has 4 nitrogen and oxygen atoms in total. The molecule has 7 heteroatoms. The maximum absolute atomic E-state index is 12.3. The van der Waals surface area contributed by atoms with Gasteiger partial charge in [0.15, 0.2) is 11.2 Å². The van der Waals surface area contributed by atoms with E-state index in [4.69, 9.17) is 5.11 Å². The zero-order valence-corrected chi connectivity index (χ0v) is 8.96. The van der Waals surface area contributed by atoms with Crippen LogP contribution in [0.5, 0.6) is 0 Å². The van der Waals surface area contributed by atoms with E-state index in [1.165, 1.54) is 20.8 Å². The highest BCUT2D eigenvalue weighted by Gasteiger charge is 2.38. The molecule has 1 aromatic rings. The van der Waals surface area contributed by atoms with E-state index in [1.807, 2.05) is 0 Å². The first-order chi connectivity index (χ1) is 7.06. The summed E-state index contributed by atoms with van der Waals surface area (Å²) in [5.41, 5.74) is -2.44. The highest BCUT2D eigenvalue weighted by atomic mass is 19.4. The van der Waals surface area contributed by atoms with Gasteiger partial charge in [-0.25, -0.2) is 4.79 Å². The molecule has 90 valence electrons. The number of aliphatic carboxylic acids is 1. The van der Waals surface area contributed by atoms with Crippen molar-refractivity contribution in [2.75, 3.05) is 0 Å². The Morgan fingerprint density at radius 1 is 1.44 bits per heavy atom. The van der Waals surface area contributed by atoms with Gasteiger partial charge in [0.05, 0.1) is 0 Å². The van der Waals surface area contributed by atoms with E-state index in [2.05, 4.69) is 5.10 Å². The summed E-state index contributed by atoms with van der Waals surface area (Å²) in [5.74, 6) is -1.24. The Balaban J connectivity index is 3.28. The maximum atomic E-state index is 12.3. The van der Waals surface area contributed by atoms with E-state index in [-0.39, 0.29) is 5.69 Å². The van der Waals surface area contributed by atoms with Crippen LogP contribution in [0.25, 0.3) is 0 Å². The van der Waals surface area contributed by atoms with Crippen molar-refractivity contribution in [2.24, 2.45) is 0 Å². The first-order valence-corrected chi connectivity index (χ1v) is 4.44. The molecule has 0 fully saturated rings. The summed E-state index contributed by atoms with van der Waals surface area (Å²) in [4.78, 5) is 10.9. The standard InChI is InChI=1S/C9H11F3N2O2/c1-5-4-6(9(10,11)12)13-14(5)8(2,3)7(15)16/h4H,1-3H3,(H,15,16). The van der Waals surface area contributed by atoms with Crippen molar-refractivity contribution < 1.29 is 23.1 Å². The molecule has 1 aromatic heterocycles. The Bertz CT molecular complexity index is 421. The number of carboxylic acids is 1. The van der Waals surface area contributed by atoms with Gasteiger partial charge in [-0.2, -0.15) is 18.3 Å². The largest absolute Gasteiger partial charge is 0.479 e. The lowest BCUT2D eigenvalue weighted by Gasteiger charge is -2.21. The van der Waals surface area contributed by atoms with Crippen molar-refractivity contribution in [1.29, 1.82) is 0 Å². The summed E-state index contributed by atoms with van der Waals surface area (Å²) in [6.45, 7) is 3.96. The van der Waals surface area contributed by atoms with Gasteiger partial charge in [0.2, 0.25) is 0 Å². The van der Waals surface area contributed by atoms with Crippen LogP contribution in [0, 0.1) is 6.92 Å². The van der Waals surface area contributed by atoms with E-state index in [0.717, 1.165) is 10.7 Å². The molecule has 0 unspecified atom stereocenters. The normalized spacial score (nSPS) is 12.9. The average Bonchev–Trinajstić information content (AvgIpc) is 2.46. The third-order valence-electron chi connectivity index (χ3n) is 2.23. The number of hydrogen-bond donors (Lipinski definition) is 1. The molecular weight excluding hydrogens is 225 g/mol. The van der Waals surface area contributed by atoms with Gasteiger partial charge >= 0.3 is 12.1 Å². The molecule has 1 heterocycles. The zero-order chi connectivity index (χ0) is 12.7. The molecule has 0 atom stereocenters. The number of nitrogens with zero attached hydrogens (tertiary/aromatic N) is 2. The Kier molecular flexibility index (Phi) is 2.74. The molecule has 0 saturated heterocycles. The van der Waals surface area contributed by atoms with Crippen LogP contribution in [-0.2, 0) is 16.5 Å². The molecule has 0 aliphatic rings. The van der Waals surface area contributed by atoms with Gasteiger partial charge in [0.25, 0.3) is 0 Å². The fourth-order valence-corrected chi connectivity index (χ4v) is 1.27. The zero-order valence-electron chi connectivity index (χ0n) is 8.96. The van der Waals surface area contributed by atoms with E-state index in [1.54, 1.807) is 0 Å². The molecule has 0 aromatic carbocycles. The van der Waals surface area contributed by atoms with Crippen LogP contribution < -0.4 is 0 Å². The van der Waals surface area contributed by atoms with Crippen molar-refractivity contribution in [2.45, 2.75) is 32.5 Å². The molecule has 0 amide bonds. The van der Waals surface area contributed by atoms with Crippen LogP contribution in [-0.4, -0.2) is 20.9 Å². The molecule has 0 aliphatic heterocycles. The first kappa shape index (κ1) is 12.5. The first-order valence-electron chi connectivity index (χ1n) is 4.44. The second-order valence-corrected chi connectivity index (χ2v) is 3.94. The predicted molar refractivity (Wildman–Crippen MR) is 48.9 cm³/mol. The summed E-state index contributed by atoms with van der Waals surface area (Å²) < 4.78 is 37.9. The van der Waals surface area contributed by atoms with Crippen LogP contribution in [0.4, 0.5) is 13.2 Å². The van der Waals surface area contributed by atoms with Gasteiger partial charge < -0.3 is 5.11 Å². The lowest BCUT2D eigenvalue weighted by Crippen LogP contribution is -2.37. The van der Waals surface area contributed by atoms with Crippen LogP contribution >= 0.6 is 0 Å².